The molecular weight excluding hydrogens is 284 g/mol. The van der Waals surface area contributed by atoms with E-state index in [9.17, 15) is 8.42 Å². The maximum atomic E-state index is 12.6. The number of rotatable bonds is 4. The van der Waals surface area contributed by atoms with Crippen LogP contribution in [0.4, 0.5) is 5.69 Å². The van der Waals surface area contributed by atoms with E-state index in [0.29, 0.717) is 28.0 Å². The summed E-state index contributed by atoms with van der Waals surface area (Å²) in [6, 6.07) is 5.04. The smallest absolute Gasteiger partial charge is 0.241 e. The summed E-state index contributed by atoms with van der Waals surface area (Å²) in [6.07, 6.45) is 5.05. The summed E-state index contributed by atoms with van der Waals surface area (Å²) in [7, 11) is -3.50. The molecule has 2 aliphatic carbocycles. The van der Waals surface area contributed by atoms with Crippen molar-refractivity contribution in [3.63, 3.8) is 0 Å². The summed E-state index contributed by atoms with van der Waals surface area (Å²) in [4.78, 5) is 0.303. The molecule has 0 amide bonds. The second-order valence-corrected chi connectivity index (χ2v) is 8.40. The highest BCUT2D eigenvalue weighted by Crippen LogP contribution is 2.49. The van der Waals surface area contributed by atoms with E-state index in [0.717, 1.165) is 5.92 Å². The molecule has 0 aromatic heterocycles. The van der Waals surface area contributed by atoms with E-state index in [2.05, 4.69) is 4.72 Å². The van der Waals surface area contributed by atoms with Gasteiger partial charge in [-0.25, -0.2) is 13.1 Å². The Morgan fingerprint density at radius 2 is 2.05 bits per heavy atom. The Labute approximate surface area is 127 Å². The van der Waals surface area contributed by atoms with Gasteiger partial charge in [0.25, 0.3) is 0 Å². The van der Waals surface area contributed by atoms with Gasteiger partial charge in [-0.2, -0.15) is 0 Å². The third-order valence-corrected chi connectivity index (χ3v) is 7.09. The van der Waals surface area contributed by atoms with Crippen LogP contribution in [0, 0.1) is 24.7 Å². The minimum absolute atomic E-state index is 0.00821. The number of hydrogen-bond acceptors (Lipinski definition) is 3. The van der Waals surface area contributed by atoms with Gasteiger partial charge in [-0.15, -0.1) is 0 Å². The molecule has 116 valence electrons. The Morgan fingerprint density at radius 1 is 1.29 bits per heavy atom. The van der Waals surface area contributed by atoms with E-state index in [1.807, 2.05) is 6.92 Å². The zero-order valence-electron chi connectivity index (χ0n) is 12.7. The van der Waals surface area contributed by atoms with E-state index in [-0.39, 0.29) is 6.04 Å². The summed E-state index contributed by atoms with van der Waals surface area (Å²) >= 11 is 0. The van der Waals surface area contributed by atoms with Crippen LogP contribution < -0.4 is 10.5 Å². The van der Waals surface area contributed by atoms with Crippen LogP contribution in [-0.4, -0.2) is 14.5 Å². The first-order valence-electron chi connectivity index (χ1n) is 7.76. The summed E-state index contributed by atoms with van der Waals surface area (Å²) in [5, 5.41) is 0. The lowest BCUT2D eigenvalue weighted by Crippen LogP contribution is -2.40. The van der Waals surface area contributed by atoms with Crippen molar-refractivity contribution in [3.8, 4) is 0 Å². The van der Waals surface area contributed by atoms with Crippen molar-refractivity contribution in [2.45, 2.75) is 50.5 Å². The van der Waals surface area contributed by atoms with Gasteiger partial charge in [-0.3, -0.25) is 0 Å². The van der Waals surface area contributed by atoms with Crippen LogP contribution in [0.1, 0.15) is 38.2 Å². The molecule has 2 aliphatic rings. The first kappa shape index (κ1) is 14.9. The van der Waals surface area contributed by atoms with Crippen molar-refractivity contribution in [1.29, 1.82) is 0 Å². The number of benzene rings is 1. The molecule has 3 rings (SSSR count). The molecule has 0 spiro atoms. The van der Waals surface area contributed by atoms with E-state index in [4.69, 9.17) is 5.73 Å². The zero-order chi connectivity index (χ0) is 15.2. The molecule has 0 aliphatic heterocycles. The number of nitrogens with one attached hydrogen (secondary N) is 1. The van der Waals surface area contributed by atoms with E-state index >= 15 is 0 Å². The van der Waals surface area contributed by atoms with Gasteiger partial charge in [0.15, 0.2) is 0 Å². The van der Waals surface area contributed by atoms with Crippen molar-refractivity contribution in [3.05, 3.63) is 23.8 Å². The minimum Gasteiger partial charge on any atom is -0.398 e. The Hall–Kier alpha value is -1.07. The third-order valence-electron chi connectivity index (χ3n) is 5.39. The highest BCUT2D eigenvalue weighted by Gasteiger charge is 2.42. The van der Waals surface area contributed by atoms with E-state index in [1.165, 1.54) is 25.7 Å². The summed E-state index contributed by atoms with van der Waals surface area (Å²) in [5.74, 6) is 2.01. The van der Waals surface area contributed by atoms with Crippen LogP contribution in [0.15, 0.2) is 23.1 Å². The molecule has 0 radical (unpaired) electrons. The van der Waals surface area contributed by atoms with Crippen molar-refractivity contribution < 1.29 is 8.42 Å². The number of anilines is 1. The second kappa shape index (κ2) is 5.29. The number of fused-ring (bicyclic) bond motifs is 2. The molecule has 1 aromatic rings. The molecule has 1 aromatic carbocycles. The van der Waals surface area contributed by atoms with Gasteiger partial charge < -0.3 is 5.73 Å². The largest absolute Gasteiger partial charge is 0.398 e. The number of hydrogen-bond donors (Lipinski definition) is 2. The normalized spacial score (nSPS) is 29.7. The maximum Gasteiger partial charge on any atom is 0.241 e. The van der Waals surface area contributed by atoms with Crippen LogP contribution in [0.25, 0.3) is 0 Å². The predicted molar refractivity (Wildman–Crippen MR) is 84.3 cm³/mol. The lowest BCUT2D eigenvalue weighted by molar-refractivity contribution is 0.280. The molecule has 4 unspecified atom stereocenters. The summed E-state index contributed by atoms with van der Waals surface area (Å²) < 4.78 is 28.1. The molecule has 4 atom stereocenters. The lowest BCUT2D eigenvalue weighted by Gasteiger charge is -2.28. The third kappa shape index (κ3) is 2.69. The first-order valence-corrected chi connectivity index (χ1v) is 9.24. The van der Waals surface area contributed by atoms with Gasteiger partial charge in [0.05, 0.1) is 4.90 Å². The van der Waals surface area contributed by atoms with Crippen LogP contribution in [-0.2, 0) is 10.0 Å². The average molecular weight is 308 g/mol. The van der Waals surface area contributed by atoms with Gasteiger partial charge in [0.1, 0.15) is 0 Å². The SMILES string of the molecule is Cc1c(N)cccc1S(=O)(=O)NC(C)C1CC2CCC1C2. The van der Waals surface area contributed by atoms with Gasteiger partial charge in [-0.1, -0.05) is 12.5 Å². The standard InChI is InChI=1S/C16H24N2O2S/c1-10-15(17)4-3-5-16(10)21(19,20)18-11(2)14-9-12-6-7-13(14)8-12/h3-5,11-14,18H,6-9,17H2,1-2H3. The fourth-order valence-corrected chi connectivity index (χ4v) is 5.79. The molecule has 2 saturated carbocycles. The molecule has 5 heteroatoms. The molecule has 2 fully saturated rings. The van der Waals surface area contributed by atoms with E-state index < -0.39 is 10.0 Å². The minimum atomic E-state index is -3.50. The summed E-state index contributed by atoms with van der Waals surface area (Å²) in [6.45, 7) is 3.76. The van der Waals surface area contributed by atoms with Gasteiger partial charge in [-0.05, 0) is 68.6 Å². The monoisotopic (exact) mass is 308 g/mol. The molecule has 21 heavy (non-hydrogen) atoms. The number of nitrogens with two attached hydrogens (primary N) is 1. The van der Waals surface area contributed by atoms with Crippen molar-refractivity contribution in [2.24, 2.45) is 17.8 Å². The predicted octanol–water partition coefficient (Wildman–Crippen LogP) is 2.68. The quantitative estimate of drug-likeness (QED) is 0.840. The molecular formula is C16H24N2O2S. The second-order valence-electron chi connectivity index (χ2n) is 6.72. The van der Waals surface area contributed by atoms with Crippen LogP contribution in [0.2, 0.25) is 0 Å². The van der Waals surface area contributed by atoms with Crippen LogP contribution in [0.5, 0.6) is 0 Å². The van der Waals surface area contributed by atoms with E-state index in [1.54, 1.807) is 25.1 Å². The van der Waals surface area contributed by atoms with Crippen LogP contribution >= 0.6 is 0 Å². The summed E-state index contributed by atoms with van der Waals surface area (Å²) in [5.41, 5.74) is 6.98. The Balaban J connectivity index is 1.78. The van der Waals surface area contributed by atoms with Gasteiger partial charge in [0, 0.05) is 11.7 Å². The molecule has 4 nitrogen and oxygen atoms in total. The first-order chi connectivity index (χ1) is 9.88. The average Bonchev–Trinajstić information content (AvgIpc) is 3.03. The van der Waals surface area contributed by atoms with Gasteiger partial charge >= 0.3 is 0 Å². The van der Waals surface area contributed by atoms with Crippen molar-refractivity contribution >= 4 is 15.7 Å². The number of sulfonamides is 1. The molecule has 2 bridgehead atoms. The Morgan fingerprint density at radius 3 is 2.67 bits per heavy atom. The highest BCUT2D eigenvalue weighted by atomic mass is 32.2. The zero-order valence-corrected chi connectivity index (χ0v) is 13.5. The van der Waals surface area contributed by atoms with Gasteiger partial charge in [0.2, 0.25) is 10.0 Å². The highest BCUT2D eigenvalue weighted by molar-refractivity contribution is 7.89. The molecule has 0 heterocycles. The molecule has 0 saturated heterocycles. The lowest BCUT2D eigenvalue weighted by atomic mass is 9.84. The number of nitrogen functional groups attached to an aromatic ring is 1. The fourth-order valence-electron chi connectivity index (χ4n) is 4.22. The van der Waals surface area contributed by atoms with Crippen molar-refractivity contribution in [2.75, 3.05) is 5.73 Å². The molecule has 3 N–H and O–H groups in total. The topological polar surface area (TPSA) is 72.2 Å². The fraction of sp³-hybridized carbons (Fsp3) is 0.625. The maximum absolute atomic E-state index is 12.6. The Bertz CT molecular complexity index is 642. The van der Waals surface area contributed by atoms with Crippen molar-refractivity contribution in [1.82, 2.24) is 4.72 Å². The van der Waals surface area contributed by atoms with Crippen LogP contribution in [0.3, 0.4) is 0 Å². The Kier molecular flexibility index (Phi) is 3.74.